The number of rotatable bonds is 1. The van der Waals surface area contributed by atoms with Crippen LogP contribution in [0.5, 0.6) is 0 Å². The number of fused-ring (bicyclic) bond motifs is 10. The van der Waals surface area contributed by atoms with Gasteiger partial charge in [0.1, 0.15) is 0 Å². The maximum absolute atomic E-state index is 2.59. The fourth-order valence-corrected chi connectivity index (χ4v) is 12.4. The zero-order chi connectivity index (χ0) is 22.9. The molecule has 5 aromatic rings. The summed E-state index contributed by atoms with van der Waals surface area (Å²) in [5.74, 6) is 0.348. The molecular weight excluding hydrogens is 577 g/mol. The average Bonchev–Trinajstić information content (AvgIpc) is 3.12. The van der Waals surface area contributed by atoms with Crippen molar-refractivity contribution in [3.05, 3.63) is 107 Å². The molecule has 0 saturated carbocycles. The number of aryl methyl sites for hydroxylation is 1. The van der Waals surface area contributed by atoms with Crippen molar-refractivity contribution in [1.82, 2.24) is 4.57 Å². The van der Waals surface area contributed by atoms with Crippen LogP contribution in [0.3, 0.4) is 0 Å². The van der Waals surface area contributed by atoms with Gasteiger partial charge >= 0.3 is 217 Å². The first-order valence-electron chi connectivity index (χ1n) is 12.2. The van der Waals surface area contributed by atoms with Gasteiger partial charge in [-0.15, -0.1) is 0 Å². The molecule has 3 aliphatic rings. The summed E-state index contributed by atoms with van der Waals surface area (Å²) >= 11 is 1.58. The Morgan fingerprint density at radius 1 is 0.694 bits per heavy atom. The second kappa shape index (κ2) is 8.05. The summed E-state index contributed by atoms with van der Waals surface area (Å²) in [5, 5.41) is 5.01. The Labute approximate surface area is 240 Å². The van der Waals surface area contributed by atoms with Gasteiger partial charge in [-0.05, 0) is 0 Å². The standard InChI is InChI=1S/C31H24NSi.2ClH.Zr/c1-32-25-16-18-10-4-5-11-19(18)28(25)29-26(32)17-24(30-31(29)33(30,2)3)27-22-14-8-6-12-20(22)21-13-7-9-15-23(21)27;;;/h4-17,27H,1-3H3;2*1H;/q;;;+2/p-2. The SMILES string of the molecule is Cn1c2c(c3c4c(c(C5c6ccccc6-c6ccccc65)cc31)[Si]4(C)C)-c1ccccc1[CH]2[Zr+2].[Cl-].[Cl-]. The van der Waals surface area contributed by atoms with E-state index in [-0.39, 0.29) is 24.8 Å². The van der Waals surface area contributed by atoms with E-state index in [1.165, 1.54) is 44.6 Å². The molecule has 0 saturated heterocycles. The van der Waals surface area contributed by atoms with Crippen LogP contribution in [0.25, 0.3) is 33.2 Å². The largest absolute Gasteiger partial charge is 1.00 e. The first kappa shape index (κ1) is 24.4. The average molecular weight is 601 g/mol. The van der Waals surface area contributed by atoms with Gasteiger partial charge in [0.05, 0.1) is 0 Å². The maximum Gasteiger partial charge on any atom is -1.00 e. The van der Waals surface area contributed by atoms with Crippen LogP contribution in [0.1, 0.15) is 37.5 Å². The van der Waals surface area contributed by atoms with E-state index >= 15 is 0 Å². The summed E-state index contributed by atoms with van der Waals surface area (Å²) < 4.78 is 3.08. The third-order valence-corrected chi connectivity index (χ3v) is 13.4. The molecule has 1 aromatic heterocycles. The van der Waals surface area contributed by atoms with Crippen LogP contribution in [0.15, 0.2) is 78.9 Å². The van der Waals surface area contributed by atoms with Crippen molar-refractivity contribution >= 4 is 29.4 Å². The maximum atomic E-state index is 2.59. The van der Waals surface area contributed by atoms with Gasteiger partial charge in [0, 0.05) is 0 Å². The van der Waals surface area contributed by atoms with Crippen molar-refractivity contribution in [2.24, 2.45) is 7.05 Å². The minimum absolute atomic E-state index is 0. The van der Waals surface area contributed by atoms with Gasteiger partial charge < -0.3 is 24.8 Å². The van der Waals surface area contributed by atoms with Gasteiger partial charge in [0.15, 0.2) is 0 Å². The number of hydrogen-bond donors (Lipinski definition) is 0. The van der Waals surface area contributed by atoms with E-state index in [2.05, 4.69) is 104 Å². The topological polar surface area (TPSA) is 4.93 Å². The Kier molecular flexibility index (Phi) is 5.46. The second-order valence-corrected chi connectivity index (χ2v) is 16.4. The van der Waals surface area contributed by atoms with Crippen molar-refractivity contribution in [3.8, 4) is 22.3 Å². The minimum atomic E-state index is -1.60. The number of hydrogen-bond acceptors (Lipinski definition) is 0. The van der Waals surface area contributed by atoms with Gasteiger partial charge in [-0.3, -0.25) is 0 Å². The fourth-order valence-electron chi connectivity index (χ4n) is 7.23. The molecule has 4 aromatic carbocycles. The molecule has 0 fully saturated rings. The molecule has 2 heterocycles. The summed E-state index contributed by atoms with van der Waals surface area (Å²) in [4.78, 5) is 0. The van der Waals surface area contributed by atoms with E-state index in [1.807, 2.05) is 0 Å². The molecule has 2 aliphatic carbocycles. The van der Waals surface area contributed by atoms with Gasteiger partial charge in [0.2, 0.25) is 0 Å². The Bertz CT molecular complexity index is 1690. The van der Waals surface area contributed by atoms with Gasteiger partial charge in [0.25, 0.3) is 0 Å². The molecule has 1 aliphatic heterocycles. The summed E-state index contributed by atoms with van der Waals surface area (Å²) in [7, 11) is 0.718. The fraction of sp³-hybridized carbons (Fsp3) is 0.161. The van der Waals surface area contributed by atoms with Crippen molar-refractivity contribution < 1.29 is 49.5 Å². The quantitative estimate of drug-likeness (QED) is 0.236. The summed E-state index contributed by atoms with van der Waals surface area (Å²) in [6, 6.07) is 29.9. The molecule has 36 heavy (non-hydrogen) atoms. The van der Waals surface area contributed by atoms with Crippen LogP contribution in [0, 0.1) is 0 Å². The molecular formula is C31H24Cl2NSiZr. The van der Waals surface area contributed by atoms with E-state index in [0.29, 0.717) is 9.54 Å². The van der Waals surface area contributed by atoms with Crippen molar-refractivity contribution in [2.75, 3.05) is 0 Å². The zero-order valence-electron chi connectivity index (χ0n) is 20.4. The van der Waals surface area contributed by atoms with Crippen molar-refractivity contribution in [3.63, 3.8) is 0 Å². The normalized spacial score (nSPS) is 17.4. The van der Waals surface area contributed by atoms with Crippen LogP contribution in [0.4, 0.5) is 0 Å². The Morgan fingerprint density at radius 3 is 1.83 bits per heavy atom. The Balaban J connectivity index is 0.00000120. The van der Waals surface area contributed by atoms with Crippen molar-refractivity contribution in [2.45, 2.75) is 22.6 Å². The number of aromatic nitrogens is 1. The molecule has 1 atom stereocenters. The van der Waals surface area contributed by atoms with Crippen LogP contribution in [0.2, 0.25) is 13.1 Å². The predicted molar refractivity (Wildman–Crippen MR) is 140 cm³/mol. The van der Waals surface area contributed by atoms with Gasteiger partial charge in [-0.25, -0.2) is 0 Å². The molecule has 0 spiro atoms. The molecule has 0 bridgehead atoms. The van der Waals surface area contributed by atoms with Crippen LogP contribution >= 0.6 is 0 Å². The van der Waals surface area contributed by atoms with Crippen LogP contribution in [-0.2, 0) is 31.8 Å². The van der Waals surface area contributed by atoms with Crippen LogP contribution < -0.4 is 35.2 Å². The van der Waals surface area contributed by atoms with E-state index in [4.69, 9.17) is 0 Å². The molecule has 0 N–H and O–H groups in total. The first-order chi connectivity index (χ1) is 16.5. The molecule has 0 amide bonds. The summed E-state index contributed by atoms with van der Waals surface area (Å²) in [6.07, 6.45) is 0. The third-order valence-electron chi connectivity index (χ3n) is 8.71. The third kappa shape index (κ3) is 2.81. The number of halogens is 2. The Hall–Kier alpha value is -1.90. The molecule has 1 unspecified atom stereocenters. The molecule has 175 valence electrons. The second-order valence-electron chi connectivity index (χ2n) is 10.7. The van der Waals surface area contributed by atoms with Gasteiger partial charge in [-0.1, -0.05) is 0 Å². The minimum Gasteiger partial charge on any atom is -1.00 e. The van der Waals surface area contributed by atoms with Crippen molar-refractivity contribution in [1.29, 1.82) is 0 Å². The molecule has 0 radical (unpaired) electrons. The zero-order valence-corrected chi connectivity index (χ0v) is 25.3. The van der Waals surface area contributed by atoms with E-state index < -0.39 is 8.07 Å². The molecule has 8 rings (SSSR count). The van der Waals surface area contributed by atoms with E-state index in [0.717, 1.165) is 0 Å². The number of nitrogens with zero attached hydrogens (tertiary/aromatic N) is 1. The molecule has 1 nitrogen and oxygen atoms in total. The summed E-state index contributed by atoms with van der Waals surface area (Å²) in [6.45, 7) is 5.14. The van der Waals surface area contributed by atoms with Gasteiger partial charge in [-0.2, -0.15) is 0 Å². The summed E-state index contributed by atoms with van der Waals surface area (Å²) in [5.41, 5.74) is 14.9. The Morgan fingerprint density at radius 2 is 1.22 bits per heavy atom. The molecule has 5 heteroatoms. The van der Waals surface area contributed by atoms with E-state index in [9.17, 15) is 0 Å². The number of benzene rings is 4. The predicted octanol–water partition coefficient (Wildman–Crippen LogP) is 0.0995. The smallest absolute Gasteiger partial charge is 1.00 e. The monoisotopic (exact) mass is 598 g/mol. The van der Waals surface area contributed by atoms with E-state index in [1.54, 1.807) is 51.6 Å². The first-order valence-corrected chi connectivity index (χ1v) is 16.6. The van der Waals surface area contributed by atoms with Crippen LogP contribution in [-0.4, -0.2) is 12.6 Å².